The van der Waals surface area contributed by atoms with Crippen LogP contribution in [0.1, 0.15) is 118 Å². The van der Waals surface area contributed by atoms with Crippen LogP contribution in [0.25, 0.3) is 0 Å². The van der Waals surface area contributed by atoms with Gasteiger partial charge in [-0.25, -0.2) is 9.59 Å². The van der Waals surface area contributed by atoms with Gasteiger partial charge in [0.15, 0.2) is 30.6 Å². The second kappa shape index (κ2) is 19.3. The fraction of sp³-hybridized carbons (Fsp3) is 0.765. The van der Waals surface area contributed by atoms with E-state index in [1.165, 1.54) is 0 Å². The van der Waals surface area contributed by atoms with Crippen LogP contribution < -0.4 is 5.32 Å². The fourth-order valence-corrected chi connectivity index (χ4v) is 14.4. The molecule has 4 saturated carbocycles. The zero-order chi connectivity index (χ0) is 51.8. The molecule has 70 heavy (non-hydrogen) atoms. The molecule has 0 amide bonds. The van der Waals surface area contributed by atoms with Crippen molar-refractivity contribution in [3.63, 3.8) is 0 Å². The molecule has 8 rings (SSSR count). The summed E-state index contributed by atoms with van der Waals surface area (Å²) in [4.78, 5) is 51.3. The van der Waals surface area contributed by atoms with E-state index in [0.29, 0.717) is 32.2 Å². The summed E-state index contributed by atoms with van der Waals surface area (Å²) >= 11 is 0. The zero-order valence-corrected chi connectivity index (χ0v) is 41.4. The molecule has 1 aromatic rings. The maximum Gasteiger partial charge on any atom is 0.335 e. The van der Waals surface area contributed by atoms with E-state index in [-0.39, 0.29) is 40.1 Å². The Labute approximate surface area is 408 Å². The van der Waals surface area contributed by atoms with E-state index in [1.807, 2.05) is 26.8 Å². The van der Waals surface area contributed by atoms with Crippen LogP contribution in [-0.4, -0.2) is 156 Å². The van der Waals surface area contributed by atoms with Gasteiger partial charge in [-0.15, -0.1) is 0 Å². The number of ketones is 1. The summed E-state index contributed by atoms with van der Waals surface area (Å²) in [5.74, 6) is -4.25. The summed E-state index contributed by atoms with van der Waals surface area (Å²) in [6, 6.07) is 6.54. The van der Waals surface area contributed by atoms with E-state index >= 15 is 0 Å². The van der Waals surface area contributed by atoms with Crippen molar-refractivity contribution in [3.8, 4) is 5.75 Å². The Bertz CT molecular complexity index is 2170. The number of phenols is 1. The number of fused-ring (bicyclic) bond motifs is 7. The van der Waals surface area contributed by atoms with Gasteiger partial charge < -0.3 is 75.3 Å². The number of phenolic OH excluding ortho intramolecular Hbond substituents is 1. The fourth-order valence-electron chi connectivity index (χ4n) is 14.4. The summed E-state index contributed by atoms with van der Waals surface area (Å²) in [6.07, 6.45) is -12.7. The summed E-state index contributed by atoms with van der Waals surface area (Å²) in [6.45, 7) is 15.4. The van der Waals surface area contributed by atoms with Crippen LogP contribution in [-0.2, 0) is 38.1 Å². The molecule has 1 aromatic carbocycles. The molecule has 1 unspecified atom stereocenters. The SMILES string of the molecule is CC1(C)[C@@H](O[C@H]2O[C@H](C(=O)O)[C@@H](O)[C@H](O)[C@H]2O[C@@H]2O[C@H](C(=O)O)[C@@H](O)[C@H](O)[C@H]2O)CC[C@]2(C)[C@H]3C(=O)C=C4[C@@H]5C[C@@](C)(C(=O)O)CC[C@]5(C)CC[C@@]4(C)[C@]3(C)CC[C@@H]12.CNCC(O)c1ccc(O)cc1. The summed E-state index contributed by atoms with van der Waals surface area (Å²) < 4.78 is 23.4. The molecule has 2 heterocycles. The first kappa shape index (κ1) is 54.2. The van der Waals surface area contributed by atoms with Crippen molar-refractivity contribution in [2.75, 3.05) is 13.6 Å². The zero-order valence-electron chi connectivity index (χ0n) is 41.4. The van der Waals surface area contributed by atoms with E-state index < -0.39 is 113 Å². The first-order valence-electron chi connectivity index (χ1n) is 24.6. The minimum atomic E-state index is -2.05. The summed E-state index contributed by atoms with van der Waals surface area (Å²) in [7, 11) is 1.78. The summed E-state index contributed by atoms with van der Waals surface area (Å²) in [5.41, 5.74) is -1.00. The lowest BCUT2D eigenvalue weighted by Crippen LogP contribution is -2.68. The third-order valence-electron chi connectivity index (χ3n) is 18.9. The van der Waals surface area contributed by atoms with E-state index in [0.717, 1.165) is 43.2 Å². The molecular weight excluding hydrogens is 915 g/mol. The van der Waals surface area contributed by atoms with Crippen LogP contribution in [0.4, 0.5) is 0 Å². The van der Waals surface area contributed by atoms with Crippen LogP contribution >= 0.6 is 0 Å². The number of carbonyl (C=O) groups is 4. The number of ether oxygens (including phenoxy) is 4. The highest BCUT2D eigenvalue weighted by atomic mass is 16.8. The number of hydrogen-bond donors (Lipinski definition) is 11. The molecule has 0 aromatic heterocycles. The molecule has 7 aliphatic rings. The highest BCUT2D eigenvalue weighted by Crippen LogP contribution is 2.75. The Kier molecular flexibility index (Phi) is 15.0. The third kappa shape index (κ3) is 9.02. The number of nitrogens with one attached hydrogen (secondary N) is 1. The quantitative estimate of drug-likeness (QED) is 0.150. The molecule has 2 saturated heterocycles. The van der Waals surface area contributed by atoms with Crippen molar-refractivity contribution in [1.82, 2.24) is 5.32 Å². The van der Waals surface area contributed by atoms with Crippen molar-refractivity contribution >= 4 is 23.7 Å². The molecule has 0 radical (unpaired) electrons. The van der Waals surface area contributed by atoms with Gasteiger partial charge in [0.2, 0.25) is 0 Å². The number of likely N-dealkylation sites (N-methyl/N-ethyl adjacent to an activating group) is 1. The number of carbonyl (C=O) groups excluding carboxylic acids is 1. The molecule has 11 N–H and O–H groups in total. The van der Waals surface area contributed by atoms with E-state index in [4.69, 9.17) is 24.1 Å². The van der Waals surface area contributed by atoms with Gasteiger partial charge >= 0.3 is 17.9 Å². The van der Waals surface area contributed by atoms with Gasteiger partial charge in [-0.2, -0.15) is 0 Å². The van der Waals surface area contributed by atoms with Crippen LogP contribution in [0.5, 0.6) is 5.75 Å². The minimum absolute atomic E-state index is 0.0217. The number of allylic oxidation sites excluding steroid dienone is 2. The third-order valence-corrected chi connectivity index (χ3v) is 18.9. The highest BCUT2D eigenvalue weighted by molar-refractivity contribution is 5.95. The number of aromatic hydroxyl groups is 1. The number of carboxylic acid groups (broad SMARTS) is 3. The topological polar surface area (TPSA) is 320 Å². The average Bonchev–Trinajstić information content (AvgIpc) is 3.28. The van der Waals surface area contributed by atoms with E-state index in [9.17, 15) is 65.1 Å². The van der Waals surface area contributed by atoms with E-state index in [2.05, 4.69) is 33.0 Å². The van der Waals surface area contributed by atoms with Gasteiger partial charge in [0, 0.05) is 12.5 Å². The number of hydrogen-bond acceptors (Lipinski definition) is 16. The normalized spacial score (nSPS) is 45.7. The van der Waals surface area contributed by atoms with Gasteiger partial charge in [0.05, 0.1) is 17.6 Å². The maximum absolute atomic E-state index is 14.8. The van der Waals surface area contributed by atoms with Gasteiger partial charge in [-0.3, -0.25) is 9.59 Å². The molecule has 6 fully saturated rings. The van der Waals surface area contributed by atoms with Gasteiger partial charge in [0.25, 0.3) is 0 Å². The maximum atomic E-state index is 14.8. The molecule has 20 atom stereocenters. The molecule has 392 valence electrons. The first-order chi connectivity index (χ1) is 32.5. The smallest absolute Gasteiger partial charge is 0.335 e. The van der Waals surface area contributed by atoms with Crippen LogP contribution in [0.2, 0.25) is 0 Å². The van der Waals surface area contributed by atoms with Gasteiger partial charge in [-0.1, -0.05) is 59.2 Å². The number of aliphatic carboxylic acids is 3. The Morgan fingerprint density at radius 3 is 1.91 bits per heavy atom. The monoisotopic (exact) mass is 989 g/mol. The Morgan fingerprint density at radius 1 is 0.743 bits per heavy atom. The highest BCUT2D eigenvalue weighted by Gasteiger charge is 2.71. The van der Waals surface area contributed by atoms with Crippen LogP contribution in [0.3, 0.4) is 0 Å². The minimum Gasteiger partial charge on any atom is -0.508 e. The Hall–Kier alpha value is -3.60. The Balaban J connectivity index is 0.000000526. The van der Waals surface area contributed by atoms with Crippen LogP contribution in [0.15, 0.2) is 35.9 Å². The molecular formula is C51H75NO18. The van der Waals surface area contributed by atoms with Gasteiger partial charge in [-0.05, 0) is 134 Å². The van der Waals surface area contributed by atoms with Crippen molar-refractivity contribution in [1.29, 1.82) is 0 Å². The summed E-state index contributed by atoms with van der Waals surface area (Å²) in [5, 5.41) is 104. The largest absolute Gasteiger partial charge is 0.508 e. The Morgan fingerprint density at radius 2 is 1.33 bits per heavy atom. The average molecular weight is 990 g/mol. The van der Waals surface area contributed by atoms with Crippen molar-refractivity contribution in [2.24, 2.45) is 50.2 Å². The van der Waals surface area contributed by atoms with Crippen molar-refractivity contribution in [2.45, 2.75) is 180 Å². The molecule has 0 spiro atoms. The molecule has 2 aliphatic heterocycles. The molecule has 19 heteroatoms. The second-order valence-corrected chi connectivity index (χ2v) is 23.3. The lowest BCUT2D eigenvalue weighted by Gasteiger charge is -2.70. The number of benzene rings is 1. The first-order valence-corrected chi connectivity index (χ1v) is 24.6. The predicted molar refractivity (Wildman–Crippen MR) is 246 cm³/mol. The lowest BCUT2D eigenvalue weighted by atomic mass is 9.33. The lowest BCUT2D eigenvalue weighted by molar-refractivity contribution is -0.371. The molecule has 5 aliphatic carbocycles. The molecule has 19 nitrogen and oxygen atoms in total. The van der Waals surface area contributed by atoms with Crippen molar-refractivity contribution < 1.29 is 89.2 Å². The number of aliphatic hydroxyl groups excluding tert-OH is 6. The number of rotatable bonds is 10. The van der Waals surface area contributed by atoms with Crippen LogP contribution in [0, 0.1) is 50.2 Å². The van der Waals surface area contributed by atoms with Crippen molar-refractivity contribution in [3.05, 3.63) is 41.5 Å². The van der Waals surface area contributed by atoms with Gasteiger partial charge in [0.1, 0.15) is 42.4 Å². The predicted octanol–water partition coefficient (Wildman–Crippen LogP) is 2.89. The number of carboxylic acids is 3. The van der Waals surface area contributed by atoms with E-state index in [1.54, 1.807) is 31.3 Å². The second-order valence-electron chi connectivity index (χ2n) is 23.3. The standard InChI is InChI=1S/C42H62O16.C9H13NO2/c1-37(2)21-8-11-42(7)31(20(43)16-18-19-17-39(4,36(53)54)13-12-38(19,3)14-15-41(18,42)6)40(21,5)10-9-22(37)55-35-30(26(47)25(46)29(57-35)33(51)52)58-34-27(48)23(44)24(45)28(56-34)32(49)50;1-10-6-9(12)7-2-4-8(11)5-3-7/h16,19,21-31,34-35,44-48H,8-15,17H2,1-7H3,(H,49,50)(H,51,52)(H,53,54);2-5,9-12H,6H2,1H3/t19-,21-,22-,23-,24-,25-,26-,27+,28-,29-,30+,31+,34-,35-,38+,39-,40-,41+,42+;/m0./s1. The number of aliphatic hydroxyl groups is 6. The molecule has 0 bridgehead atoms.